The van der Waals surface area contributed by atoms with E-state index in [1.807, 2.05) is 36.2 Å². The van der Waals surface area contributed by atoms with E-state index in [1.54, 1.807) is 13.3 Å². The number of nitrogens with two attached hydrogens (primary N) is 1. The molecule has 3 N–H and O–H groups in total. The van der Waals surface area contributed by atoms with Crippen LogP contribution in [0.15, 0.2) is 36.7 Å². The van der Waals surface area contributed by atoms with E-state index in [9.17, 15) is 0 Å². The van der Waals surface area contributed by atoms with Gasteiger partial charge in [-0.15, -0.1) is 0 Å². The van der Waals surface area contributed by atoms with Crippen molar-refractivity contribution in [1.82, 2.24) is 9.97 Å². The monoisotopic (exact) mass is 271 g/mol. The fourth-order valence-corrected chi connectivity index (χ4v) is 1.96. The molecule has 0 radical (unpaired) electrons. The summed E-state index contributed by atoms with van der Waals surface area (Å²) in [5.41, 5.74) is 6.94. The minimum Gasteiger partial charge on any atom is -0.496 e. The zero-order chi connectivity index (χ0) is 14.5. The van der Waals surface area contributed by atoms with Crippen molar-refractivity contribution in [3.05, 3.63) is 47.9 Å². The number of benzene rings is 1. The number of hydrogen-bond donors (Lipinski definition) is 2. The molecule has 1 aromatic heterocycles. The highest BCUT2D eigenvalue weighted by atomic mass is 16.5. The lowest BCUT2D eigenvalue weighted by Crippen LogP contribution is -2.24. The maximum Gasteiger partial charge on any atom is 0.158 e. The Balaban J connectivity index is 2.29. The van der Waals surface area contributed by atoms with Gasteiger partial charge >= 0.3 is 0 Å². The first-order valence-electron chi connectivity index (χ1n) is 6.12. The molecule has 2 aromatic rings. The van der Waals surface area contributed by atoms with Crippen LogP contribution in [0.1, 0.15) is 11.3 Å². The average molecular weight is 271 g/mol. The molecule has 0 amide bonds. The summed E-state index contributed by atoms with van der Waals surface area (Å²) in [6.45, 7) is 0.586. The Bertz CT molecular complexity index is 614. The van der Waals surface area contributed by atoms with Gasteiger partial charge in [0.25, 0.3) is 0 Å². The Labute approximate surface area is 117 Å². The summed E-state index contributed by atoms with van der Waals surface area (Å²) < 4.78 is 5.33. The van der Waals surface area contributed by atoms with Crippen molar-refractivity contribution >= 4 is 11.7 Å². The smallest absolute Gasteiger partial charge is 0.158 e. The molecule has 1 heterocycles. The van der Waals surface area contributed by atoms with Crippen LogP contribution in [0.2, 0.25) is 0 Å². The van der Waals surface area contributed by atoms with Gasteiger partial charge in [0.05, 0.1) is 7.11 Å². The number of anilines is 1. The van der Waals surface area contributed by atoms with E-state index >= 15 is 0 Å². The summed E-state index contributed by atoms with van der Waals surface area (Å²) in [7, 11) is 3.52. The Morgan fingerprint density at radius 1 is 1.30 bits per heavy atom. The van der Waals surface area contributed by atoms with Crippen molar-refractivity contribution in [3.63, 3.8) is 0 Å². The fourth-order valence-electron chi connectivity index (χ4n) is 1.96. The molecule has 20 heavy (non-hydrogen) atoms. The van der Waals surface area contributed by atoms with E-state index in [-0.39, 0.29) is 5.84 Å². The largest absolute Gasteiger partial charge is 0.496 e. The molecule has 6 heteroatoms. The van der Waals surface area contributed by atoms with Gasteiger partial charge < -0.3 is 15.4 Å². The van der Waals surface area contributed by atoms with E-state index < -0.39 is 0 Å². The molecular formula is C14H17N5O. The third-order valence-corrected chi connectivity index (χ3v) is 2.90. The number of para-hydroxylation sites is 1. The number of nitrogen functional groups attached to an aromatic ring is 1. The van der Waals surface area contributed by atoms with Crippen molar-refractivity contribution in [2.75, 3.05) is 19.1 Å². The SMILES string of the molecule is COc1ccccc1CN(C)c1nccnc1C(=N)N. The van der Waals surface area contributed by atoms with Gasteiger partial charge in [-0.25, -0.2) is 9.97 Å². The molecule has 104 valence electrons. The summed E-state index contributed by atoms with van der Waals surface area (Å²) >= 11 is 0. The molecule has 0 aliphatic rings. The normalized spacial score (nSPS) is 10.1. The molecule has 0 unspecified atom stereocenters. The topological polar surface area (TPSA) is 88.1 Å². The van der Waals surface area contributed by atoms with Gasteiger partial charge in [0.1, 0.15) is 17.3 Å². The summed E-state index contributed by atoms with van der Waals surface area (Å²) in [5.74, 6) is 1.29. The fraction of sp³-hybridized carbons (Fsp3) is 0.214. The molecule has 0 fully saturated rings. The van der Waals surface area contributed by atoms with Crippen LogP contribution in [-0.2, 0) is 6.54 Å². The lowest BCUT2D eigenvalue weighted by atomic mass is 10.2. The third kappa shape index (κ3) is 2.85. The molecule has 0 bridgehead atoms. The van der Waals surface area contributed by atoms with E-state index in [2.05, 4.69) is 9.97 Å². The summed E-state index contributed by atoms with van der Waals surface area (Å²) in [4.78, 5) is 10.2. The first-order chi connectivity index (χ1) is 9.63. The highest BCUT2D eigenvalue weighted by Crippen LogP contribution is 2.22. The first kappa shape index (κ1) is 13.8. The van der Waals surface area contributed by atoms with Crippen LogP contribution in [0.5, 0.6) is 5.75 Å². The lowest BCUT2D eigenvalue weighted by molar-refractivity contribution is 0.409. The van der Waals surface area contributed by atoms with Crippen LogP contribution in [-0.4, -0.2) is 30.0 Å². The molecule has 0 aliphatic heterocycles. The number of amidine groups is 1. The molecule has 0 spiro atoms. The Kier molecular flexibility index (Phi) is 4.14. The van der Waals surface area contributed by atoms with E-state index in [0.29, 0.717) is 18.1 Å². The van der Waals surface area contributed by atoms with Gasteiger partial charge in [-0.3, -0.25) is 5.41 Å². The second-order valence-corrected chi connectivity index (χ2v) is 4.31. The van der Waals surface area contributed by atoms with Gasteiger partial charge in [-0.2, -0.15) is 0 Å². The van der Waals surface area contributed by atoms with E-state index in [4.69, 9.17) is 15.9 Å². The van der Waals surface area contributed by atoms with Crippen molar-refractivity contribution in [2.24, 2.45) is 5.73 Å². The summed E-state index contributed by atoms with van der Waals surface area (Å²) in [6, 6.07) is 7.77. The van der Waals surface area contributed by atoms with Crippen LogP contribution in [0.25, 0.3) is 0 Å². The second kappa shape index (κ2) is 6.01. The zero-order valence-electron chi connectivity index (χ0n) is 11.5. The van der Waals surface area contributed by atoms with Crippen LogP contribution in [0, 0.1) is 5.41 Å². The maximum absolute atomic E-state index is 7.55. The van der Waals surface area contributed by atoms with Crippen molar-refractivity contribution < 1.29 is 4.74 Å². The van der Waals surface area contributed by atoms with Crippen LogP contribution < -0.4 is 15.4 Å². The third-order valence-electron chi connectivity index (χ3n) is 2.90. The maximum atomic E-state index is 7.55. The van der Waals surface area contributed by atoms with Gasteiger partial charge in [0.2, 0.25) is 0 Å². The molecule has 0 saturated heterocycles. The van der Waals surface area contributed by atoms with E-state index in [1.165, 1.54) is 6.20 Å². The molecule has 0 aliphatic carbocycles. The van der Waals surface area contributed by atoms with Crippen LogP contribution in [0.4, 0.5) is 5.82 Å². The zero-order valence-corrected chi connectivity index (χ0v) is 11.5. The molecule has 0 atom stereocenters. The molecular weight excluding hydrogens is 254 g/mol. The average Bonchev–Trinajstić information content (AvgIpc) is 2.47. The van der Waals surface area contributed by atoms with Crippen molar-refractivity contribution in [2.45, 2.75) is 6.54 Å². The second-order valence-electron chi connectivity index (χ2n) is 4.31. The lowest BCUT2D eigenvalue weighted by Gasteiger charge is -2.21. The minimum absolute atomic E-state index is 0.0972. The first-order valence-corrected chi connectivity index (χ1v) is 6.12. The number of methoxy groups -OCH3 is 1. The van der Waals surface area contributed by atoms with E-state index in [0.717, 1.165) is 11.3 Å². The van der Waals surface area contributed by atoms with Gasteiger partial charge in [-0.05, 0) is 6.07 Å². The molecule has 0 saturated carbocycles. The molecule has 6 nitrogen and oxygen atoms in total. The van der Waals surface area contributed by atoms with Gasteiger partial charge in [0, 0.05) is 31.5 Å². The van der Waals surface area contributed by atoms with Crippen LogP contribution in [0.3, 0.4) is 0 Å². The number of hydrogen-bond acceptors (Lipinski definition) is 5. The number of nitrogens with one attached hydrogen (secondary N) is 1. The Morgan fingerprint density at radius 2 is 2.00 bits per heavy atom. The standard InChI is InChI=1S/C14H17N5O/c1-19(9-10-5-3-4-6-11(10)20-2)14-12(13(15)16)17-7-8-18-14/h3-8H,9H2,1-2H3,(H3,15,16). The summed E-state index contributed by atoms with van der Waals surface area (Å²) in [6.07, 6.45) is 3.11. The molecule has 2 rings (SSSR count). The minimum atomic E-state index is -0.0972. The number of rotatable bonds is 5. The Hall–Kier alpha value is -2.63. The number of ether oxygens (including phenoxy) is 1. The summed E-state index contributed by atoms with van der Waals surface area (Å²) in [5, 5.41) is 7.55. The highest BCUT2D eigenvalue weighted by Gasteiger charge is 2.14. The number of nitrogens with zero attached hydrogens (tertiary/aromatic N) is 3. The predicted molar refractivity (Wildman–Crippen MR) is 78.1 cm³/mol. The highest BCUT2D eigenvalue weighted by molar-refractivity contribution is 5.97. The number of aromatic nitrogens is 2. The van der Waals surface area contributed by atoms with Gasteiger partial charge in [-0.1, -0.05) is 18.2 Å². The quantitative estimate of drug-likeness (QED) is 0.634. The van der Waals surface area contributed by atoms with Crippen molar-refractivity contribution in [3.8, 4) is 5.75 Å². The van der Waals surface area contributed by atoms with Crippen LogP contribution >= 0.6 is 0 Å². The van der Waals surface area contributed by atoms with Crippen molar-refractivity contribution in [1.29, 1.82) is 5.41 Å². The Morgan fingerprint density at radius 3 is 2.70 bits per heavy atom. The predicted octanol–water partition coefficient (Wildman–Crippen LogP) is 1.41. The molecule has 1 aromatic carbocycles. The van der Waals surface area contributed by atoms with Gasteiger partial charge in [0.15, 0.2) is 5.82 Å².